The van der Waals surface area contributed by atoms with Gasteiger partial charge in [0.15, 0.2) is 5.65 Å². The lowest BCUT2D eigenvalue weighted by molar-refractivity contribution is -0.119. The van der Waals surface area contributed by atoms with Gasteiger partial charge in [-0.05, 0) is 32.9 Å². The molecule has 0 saturated heterocycles. The predicted molar refractivity (Wildman–Crippen MR) is 116 cm³/mol. The van der Waals surface area contributed by atoms with E-state index in [4.69, 9.17) is 33.7 Å². The average molecular weight is 476 g/mol. The fourth-order valence-electron chi connectivity index (χ4n) is 3.43. The average Bonchev–Trinajstić information content (AvgIpc) is 2.95. The van der Waals surface area contributed by atoms with E-state index in [2.05, 4.69) is 10.1 Å². The molecule has 0 atom stereocenters. The molecular formula is C20H22Cl2F3N5O. The van der Waals surface area contributed by atoms with Crippen molar-refractivity contribution in [3.63, 3.8) is 0 Å². The summed E-state index contributed by atoms with van der Waals surface area (Å²) in [5, 5.41) is 5.11. The van der Waals surface area contributed by atoms with Crippen LogP contribution < -0.4 is 15.4 Å². The molecule has 0 fully saturated rings. The number of fused-ring (bicyclic) bond motifs is 1. The second-order valence-electron chi connectivity index (χ2n) is 6.97. The van der Waals surface area contributed by atoms with Crippen molar-refractivity contribution in [2.75, 3.05) is 31.1 Å². The Balaban J connectivity index is 2.24. The third kappa shape index (κ3) is 4.99. The van der Waals surface area contributed by atoms with Gasteiger partial charge < -0.3 is 15.4 Å². The van der Waals surface area contributed by atoms with Gasteiger partial charge in [0, 0.05) is 30.4 Å². The smallest absolute Gasteiger partial charge is 0.405 e. The molecule has 1 aromatic carbocycles. The Morgan fingerprint density at radius 3 is 2.32 bits per heavy atom. The van der Waals surface area contributed by atoms with Gasteiger partial charge in [-0.15, -0.1) is 0 Å². The molecular weight excluding hydrogens is 454 g/mol. The van der Waals surface area contributed by atoms with Crippen molar-refractivity contribution in [3.8, 4) is 16.9 Å². The van der Waals surface area contributed by atoms with Crippen molar-refractivity contribution in [1.82, 2.24) is 14.6 Å². The number of benzene rings is 1. The van der Waals surface area contributed by atoms with Crippen LogP contribution >= 0.6 is 23.2 Å². The predicted octanol–water partition coefficient (Wildman–Crippen LogP) is 5.05. The molecule has 0 bridgehead atoms. The maximum Gasteiger partial charge on any atom is 0.405 e. The monoisotopic (exact) mass is 475 g/mol. The number of aromatic nitrogens is 3. The molecule has 0 saturated carbocycles. The lowest BCUT2D eigenvalue weighted by atomic mass is 10.1. The minimum Gasteiger partial charge on any atom is -0.494 e. The zero-order valence-electron chi connectivity index (χ0n) is 17.2. The molecule has 168 valence electrons. The van der Waals surface area contributed by atoms with Crippen molar-refractivity contribution >= 4 is 34.7 Å². The molecule has 0 radical (unpaired) electrons. The summed E-state index contributed by atoms with van der Waals surface area (Å²) in [5.74, 6) is 0.748. The summed E-state index contributed by atoms with van der Waals surface area (Å²) in [6.45, 7) is 4.59. The van der Waals surface area contributed by atoms with Crippen LogP contribution in [0, 0.1) is 13.8 Å². The van der Waals surface area contributed by atoms with Crippen LogP contribution in [0.25, 0.3) is 16.8 Å². The van der Waals surface area contributed by atoms with Gasteiger partial charge in [0.05, 0.1) is 27.9 Å². The topological polar surface area (TPSA) is 68.7 Å². The first-order valence-electron chi connectivity index (χ1n) is 9.56. The zero-order valence-corrected chi connectivity index (χ0v) is 18.7. The van der Waals surface area contributed by atoms with Gasteiger partial charge in [-0.2, -0.15) is 22.8 Å². The fourth-order valence-corrected chi connectivity index (χ4v) is 4.08. The Labute approximate surface area is 187 Å². The van der Waals surface area contributed by atoms with E-state index in [0.29, 0.717) is 50.6 Å². The van der Waals surface area contributed by atoms with Crippen LogP contribution in [0.4, 0.5) is 19.0 Å². The Hall–Kier alpha value is -2.23. The van der Waals surface area contributed by atoms with E-state index in [-0.39, 0.29) is 18.9 Å². The second kappa shape index (κ2) is 9.10. The lowest BCUT2D eigenvalue weighted by Crippen LogP contribution is -2.39. The van der Waals surface area contributed by atoms with Crippen LogP contribution in [0.2, 0.25) is 10.0 Å². The van der Waals surface area contributed by atoms with Gasteiger partial charge in [0.1, 0.15) is 18.1 Å². The van der Waals surface area contributed by atoms with Crippen molar-refractivity contribution in [2.24, 2.45) is 5.73 Å². The Kier molecular flexibility index (Phi) is 6.88. The van der Waals surface area contributed by atoms with Crippen molar-refractivity contribution < 1.29 is 17.9 Å². The van der Waals surface area contributed by atoms with Crippen molar-refractivity contribution in [1.29, 1.82) is 0 Å². The van der Waals surface area contributed by atoms with E-state index in [9.17, 15) is 13.2 Å². The Bertz CT molecular complexity index is 1080. The number of nitrogens with two attached hydrogens (primary N) is 1. The summed E-state index contributed by atoms with van der Waals surface area (Å²) >= 11 is 13.0. The number of ether oxygens (including phenoxy) is 1. The molecule has 0 amide bonds. The standard InChI is InChI=1S/C20H22Cl2F3N5O/c1-4-31-13-8-14(21)18(15(22)9-13)17-12(3)28-30-16(7-11(2)27-19(17)30)29(6-5-26)10-20(23,24)25/h7-9H,4-6,10,26H2,1-3H3. The van der Waals surface area contributed by atoms with Crippen LogP contribution in [0.3, 0.4) is 0 Å². The number of rotatable bonds is 7. The molecule has 0 aliphatic rings. The van der Waals surface area contributed by atoms with Gasteiger partial charge in [0.25, 0.3) is 0 Å². The van der Waals surface area contributed by atoms with E-state index in [1.54, 1.807) is 32.0 Å². The minimum absolute atomic E-state index is 0.00310. The van der Waals surface area contributed by atoms with Crippen LogP contribution in [0.1, 0.15) is 18.3 Å². The summed E-state index contributed by atoms with van der Waals surface area (Å²) in [4.78, 5) is 5.66. The fraction of sp³-hybridized carbons (Fsp3) is 0.400. The molecule has 3 rings (SSSR count). The largest absolute Gasteiger partial charge is 0.494 e. The van der Waals surface area contributed by atoms with Crippen molar-refractivity contribution in [2.45, 2.75) is 26.9 Å². The molecule has 2 heterocycles. The second-order valence-corrected chi connectivity index (χ2v) is 7.79. The summed E-state index contributed by atoms with van der Waals surface area (Å²) in [7, 11) is 0. The first-order chi connectivity index (χ1) is 14.6. The summed E-state index contributed by atoms with van der Waals surface area (Å²) in [6.07, 6.45) is -4.41. The highest BCUT2D eigenvalue weighted by Crippen LogP contribution is 2.41. The molecule has 0 unspecified atom stereocenters. The number of hydrogen-bond acceptors (Lipinski definition) is 5. The van der Waals surface area contributed by atoms with Crippen molar-refractivity contribution in [3.05, 3.63) is 39.6 Å². The minimum atomic E-state index is -4.41. The van der Waals surface area contributed by atoms with Crippen LogP contribution in [0.15, 0.2) is 18.2 Å². The number of alkyl halides is 3. The molecule has 3 aromatic rings. The van der Waals surface area contributed by atoms with Gasteiger partial charge in [-0.1, -0.05) is 23.2 Å². The normalized spacial score (nSPS) is 11.9. The quantitative estimate of drug-likeness (QED) is 0.517. The lowest BCUT2D eigenvalue weighted by Gasteiger charge is -2.26. The maximum atomic E-state index is 13.2. The zero-order chi connectivity index (χ0) is 22.9. The number of halogens is 5. The van der Waals surface area contributed by atoms with Gasteiger partial charge in [0.2, 0.25) is 0 Å². The highest BCUT2D eigenvalue weighted by molar-refractivity contribution is 6.39. The van der Waals surface area contributed by atoms with E-state index >= 15 is 0 Å². The number of aryl methyl sites for hydroxylation is 2. The maximum absolute atomic E-state index is 13.2. The van der Waals surface area contributed by atoms with Gasteiger partial charge >= 0.3 is 6.18 Å². The molecule has 0 aliphatic heterocycles. The Morgan fingerprint density at radius 1 is 1.13 bits per heavy atom. The van der Waals surface area contributed by atoms with E-state index in [1.807, 2.05) is 6.92 Å². The highest BCUT2D eigenvalue weighted by Gasteiger charge is 2.32. The number of anilines is 1. The molecule has 2 N–H and O–H groups in total. The number of nitrogens with zero attached hydrogens (tertiary/aromatic N) is 4. The molecule has 0 aliphatic carbocycles. The molecule has 6 nitrogen and oxygen atoms in total. The van der Waals surface area contributed by atoms with E-state index < -0.39 is 12.7 Å². The van der Waals surface area contributed by atoms with Gasteiger partial charge in [-0.25, -0.2) is 4.98 Å². The number of hydrogen-bond donors (Lipinski definition) is 1. The third-order valence-corrected chi connectivity index (χ3v) is 5.14. The molecule has 31 heavy (non-hydrogen) atoms. The van der Waals surface area contributed by atoms with Crippen LogP contribution in [-0.2, 0) is 0 Å². The highest BCUT2D eigenvalue weighted by atomic mass is 35.5. The van der Waals surface area contributed by atoms with Crippen LogP contribution in [-0.4, -0.2) is 47.0 Å². The van der Waals surface area contributed by atoms with E-state index in [1.165, 1.54) is 4.52 Å². The molecule has 11 heteroatoms. The summed E-state index contributed by atoms with van der Waals surface area (Å²) < 4.78 is 46.4. The van der Waals surface area contributed by atoms with Gasteiger partial charge in [-0.3, -0.25) is 0 Å². The van der Waals surface area contributed by atoms with E-state index in [0.717, 1.165) is 4.90 Å². The third-order valence-electron chi connectivity index (χ3n) is 4.54. The molecule has 2 aromatic heterocycles. The summed E-state index contributed by atoms with van der Waals surface area (Å²) in [6, 6.07) is 4.82. The first-order valence-corrected chi connectivity index (χ1v) is 10.3. The molecule has 0 spiro atoms. The Morgan fingerprint density at radius 2 is 1.77 bits per heavy atom. The van der Waals surface area contributed by atoms with Crippen LogP contribution in [0.5, 0.6) is 5.75 Å². The first kappa shape index (κ1) is 23.4. The SMILES string of the molecule is CCOc1cc(Cl)c(-c2c(C)nn3c(N(CCN)CC(F)(F)F)cc(C)nc23)c(Cl)c1. The summed E-state index contributed by atoms with van der Waals surface area (Å²) in [5.41, 5.74) is 8.00.